The number of hydrogen-bond donors (Lipinski definition) is 2. The second kappa shape index (κ2) is 3.63. The van der Waals surface area contributed by atoms with Gasteiger partial charge in [-0.2, -0.15) is 0 Å². The fourth-order valence-corrected chi connectivity index (χ4v) is 1.71. The lowest BCUT2D eigenvalue weighted by Gasteiger charge is -2.20. The zero-order valence-electron chi connectivity index (χ0n) is 8.07. The molecule has 0 aliphatic heterocycles. The van der Waals surface area contributed by atoms with Gasteiger partial charge in [-0.15, -0.1) is 0 Å². The lowest BCUT2D eigenvalue weighted by molar-refractivity contribution is -0.118. The van der Waals surface area contributed by atoms with Gasteiger partial charge in [0, 0.05) is 0 Å². The summed E-state index contributed by atoms with van der Waals surface area (Å²) in [4.78, 5) is 10.5. The number of amides is 1. The van der Waals surface area contributed by atoms with E-state index < -0.39 is 32.3 Å². The normalized spacial score (nSPS) is 15.4. The Labute approximate surface area is 78.4 Å². The van der Waals surface area contributed by atoms with Crippen LogP contribution in [0.5, 0.6) is 0 Å². The molecular formula is C7H16N2O3S. The predicted molar refractivity (Wildman–Crippen MR) is 50.7 cm³/mol. The van der Waals surface area contributed by atoms with Crippen molar-refractivity contribution < 1.29 is 13.2 Å². The van der Waals surface area contributed by atoms with Crippen LogP contribution in [0.25, 0.3) is 0 Å². The highest BCUT2D eigenvalue weighted by Gasteiger charge is 2.31. The third kappa shape index (κ3) is 3.31. The first-order valence-electron chi connectivity index (χ1n) is 3.85. The summed E-state index contributed by atoms with van der Waals surface area (Å²) in [5.74, 6) is -1.20. The van der Waals surface area contributed by atoms with Gasteiger partial charge in [0.05, 0.1) is 16.5 Å². The van der Waals surface area contributed by atoms with Crippen molar-refractivity contribution in [2.24, 2.45) is 11.5 Å². The van der Waals surface area contributed by atoms with Gasteiger partial charge in [-0.1, -0.05) is 0 Å². The van der Waals surface area contributed by atoms with Crippen LogP contribution < -0.4 is 11.5 Å². The average molecular weight is 208 g/mol. The van der Waals surface area contributed by atoms with Crippen LogP contribution in [-0.2, 0) is 14.6 Å². The van der Waals surface area contributed by atoms with Crippen LogP contribution in [-0.4, -0.2) is 30.9 Å². The molecule has 0 saturated carbocycles. The molecule has 0 aromatic heterocycles. The van der Waals surface area contributed by atoms with Crippen LogP contribution in [0.2, 0.25) is 0 Å². The van der Waals surface area contributed by atoms with E-state index in [1.807, 2.05) is 0 Å². The molecule has 1 amide bonds. The van der Waals surface area contributed by atoms with E-state index in [1.165, 1.54) is 0 Å². The van der Waals surface area contributed by atoms with Crippen LogP contribution in [0.3, 0.4) is 0 Å². The van der Waals surface area contributed by atoms with E-state index >= 15 is 0 Å². The molecule has 4 N–H and O–H groups in total. The Hall–Kier alpha value is -0.620. The number of primary amides is 1. The molecule has 0 aliphatic rings. The van der Waals surface area contributed by atoms with Gasteiger partial charge in [-0.3, -0.25) is 4.79 Å². The molecule has 0 radical (unpaired) electrons. The van der Waals surface area contributed by atoms with Gasteiger partial charge in [-0.25, -0.2) is 8.42 Å². The molecule has 5 nitrogen and oxygen atoms in total. The Morgan fingerprint density at radius 2 is 1.77 bits per heavy atom. The predicted octanol–water partition coefficient (Wildman–Crippen LogP) is -0.988. The number of nitrogens with two attached hydrogens (primary N) is 2. The molecule has 1 atom stereocenters. The maximum absolute atomic E-state index is 11.5. The molecule has 1 unspecified atom stereocenters. The molecule has 0 rings (SSSR count). The molecule has 0 heterocycles. The molecule has 0 spiro atoms. The zero-order valence-corrected chi connectivity index (χ0v) is 8.89. The summed E-state index contributed by atoms with van der Waals surface area (Å²) >= 11 is 0. The van der Waals surface area contributed by atoms with Gasteiger partial charge in [0.15, 0.2) is 9.84 Å². The van der Waals surface area contributed by atoms with Crippen molar-refractivity contribution in [2.75, 3.05) is 5.75 Å². The van der Waals surface area contributed by atoms with Crippen molar-refractivity contribution in [1.82, 2.24) is 0 Å². The van der Waals surface area contributed by atoms with Gasteiger partial charge in [0.25, 0.3) is 0 Å². The molecule has 13 heavy (non-hydrogen) atoms. The maximum atomic E-state index is 11.5. The van der Waals surface area contributed by atoms with Crippen molar-refractivity contribution in [2.45, 2.75) is 31.6 Å². The molecular weight excluding hydrogens is 192 g/mol. The van der Waals surface area contributed by atoms with Crippen molar-refractivity contribution in [3.8, 4) is 0 Å². The highest BCUT2D eigenvalue weighted by atomic mass is 32.2. The fourth-order valence-electron chi connectivity index (χ4n) is 0.569. The molecule has 0 aromatic carbocycles. The van der Waals surface area contributed by atoms with Gasteiger partial charge in [-0.05, 0) is 20.8 Å². The van der Waals surface area contributed by atoms with Crippen LogP contribution in [0.15, 0.2) is 0 Å². The molecule has 0 fully saturated rings. The molecule has 0 bridgehead atoms. The van der Waals surface area contributed by atoms with Gasteiger partial charge in [0.1, 0.15) is 0 Å². The molecule has 0 aliphatic carbocycles. The lowest BCUT2D eigenvalue weighted by atomic mass is 10.3. The molecule has 0 saturated heterocycles. The number of rotatable bonds is 3. The average Bonchev–Trinajstić information content (AvgIpc) is 1.83. The minimum Gasteiger partial charge on any atom is -0.368 e. The molecule has 78 valence electrons. The monoisotopic (exact) mass is 208 g/mol. The zero-order chi connectivity index (χ0) is 10.9. The summed E-state index contributed by atoms with van der Waals surface area (Å²) in [6, 6.07) is -1.12. The number of hydrogen-bond acceptors (Lipinski definition) is 4. The first kappa shape index (κ1) is 12.4. The number of carbonyl (C=O) groups is 1. The third-order valence-corrected chi connectivity index (χ3v) is 4.36. The first-order chi connectivity index (χ1) is 5.58. The minimum atomic E-state index is -3.37. The largest absolute Gasteiger partial charge is 0.368 e. The van der Waals surface area contributed by atoms with Gasteiger partial charge in [0.2, 0.25) is 5.91 Å². The summed E-state index contributed by atoms with van der Waals surface area (Å²) in [7, 11) is -3.37. The Balaban J connectivity index is 4.64. The summed E-state index contributed by atoms with van der Waals surface area (Å²) < 4.78 is 22.1. The van der Waals surface area contributed by atoms with Crippen LogP contribution in [0, 0.1) is 0 Å². The Morgan fingerprint density at radius 3 is 2.00 bits per heavy atom. The van der Waals surface area contributed by atoms with E-state index in [4.69, 9.17) is 11.5 Å². The second-order valence-corrected chi connectivity index (χ2v) is 6.69. The van der Waals surface area contributed by atoms with Crippen LogP contribution >= 0.6 is 0 Å². The highest BCUT2D eigenvalue weighted by molar-refractivity contribution is 7.92. The first-order valence-corrected chi connectivity index (χ1v) is 5.50. The van der Waals surface area contributed by atoms with Crippen LogP contribution in [0.4, 0.5) is 0 Å². The minimum absolute atomic E-state index is 0.397. The maximum Gasteiger partial charge on any atom is 0.235 e. The van der Waals surface area contributed by atoms with Crippen molar-refractivity contribution in [3.63, 3.8) is 0 Å². The fraction of sp³-hybridized carbons (Fsp3) is 0.857. The van der Waals surface area contributed by atoms with Crippen molar-refractivity contribution in [3.05, 3.63) is 0 Å². The van der Waals surface area contributed by atoms with Crippen LogP contribution in [0.1, 0.15) is 20.8 Å². The van der Waals surface area contributed by atoms with Gasteiger partial charge < -0.3 is 11.5 Å². The Kier molecular flexibility index (Phi) is 3.46. The van der Waals surface area contributed by atoms with E-state index in [1.54, 1.807) is 20.8 Å². The van der Waals surface area contributed by atoms with E-state index in [9.17, 15) is 13.2 Å². The quantitative estimate of drug-likeness (QED) is 0.621. The number of sulfone groups is 1. The summed E-state index contributed by atoms with van der Waals surface area (Å²) in [5.41, 5.74) is 10.1. The summed E-state index contributed by atoms with van der Waals surface area (Å²) in [6.45, 7) is 4.65. The standard InChI is InChI=1S/C7H16N2O3S/c1-7(2,3)13(11,12)4-5(8)6(9)10/h5H,4,8H2,1-3H3,(H2,9,10). The lowest BCUT2D eigenvalue weighted by Crippen LogP contribution is -2.45. The van der Waals surface area contributed by atoms with E-state index in [0.717, 1.165) is 0 Å². The topological polar surface area (TPSA) is 103 Å². The Morgan fingerprint density at radius 1 is 1.38 bits per heavy atom. The highest BCUT2D eigenvalue weighted by Crippen LogP contribution is 2.16. The van der Waals surface area contributed by atoms with E-state index in [-0.39, 0.29) is 0 Å². The van der Waals surface area contributed by atoms with Gasteiger partial charge >= 0.3 is 0 Å². The van der Waals surface area contributed by atoms with Crippen molar-refractivity contribution >= 4 is 15.7 Å². The summed E-state index contributed by atoms with van der Waals surface area (Å²) in [6.07, 6.45) is 0. The SMILES string of the molecule is CC(C)(C)S(=O)(=O)CC(N)C(N)=O. The molecule has 0 aromatic rings. The van der Waals surface area contributed by atoms with Crippen molar-refractivity contribution in [1.29, 1.82) is 0 Å². The second-order valence-electron chi connectivity index (χ2n) is 3.90. The summed E-state index contributed by atoms with van der Waals surface area (Å²) in [5, 5.41) is 0. The number of carbonyl (C=O) groups excluding carboxylic acids is 1. The van der Waals surface area contributed by atoms with E-state index in [0.29, 0.717) is 0 Å². The third-order valence-electron chi connectivity index (χ3n) is 1.70. The smallest absolute Gasteiger partial charge is 0.235 e. The molecule has 6 heteroatoms. The van der Waals surface area contributed by atoms with E-state index in [2.05, 4.69) is 0 Å². The Bertz CT molecular complexity index is 289.